The fourth-order valence-electron chi connectivity index (χ4n) is 2.66. The number of carbonyl (C=O) groups is 1. The lowest BCUT2D eigenvalue weighted by Gasteiger charge is -2.16. The van der Waals surface area contributed by atoms with Gasteiger partial charge in [-0.1, -0.05) is 29.3 Å². The minimum atomic E-state index is -3.79. The highest BCUT2D eigenvalue weighted by Gasteiger charge is 2.46. The Bertz CT molecular complexity index is 829. The van der Waals surface area contributed by atoms with Crippen LogP contribution in [-0.2, 0) is 14.6 Å². The lowest BCUT2D eigenvalue weighted by molar-refractivity contribution is 0.0876. The number of hydrogen-bond acceptors (Lipinski definition) is 6. The van der Waals surface area contributed by atoms with E-state index in [1.807, 2.05) is 6.07 Å². The molecule has 0 aromatic heterocycles. The average Bonchev–Trinajstić information content (AvgIpc) is 3.14. The molecule has 2 atom stereocenters. The number of alkyl carbamates (subject to hydrolysis) is 1. The van der Waals surface area contributed by atoms with Gasteiger partial charge in [-0.2, -0.15) is 5.26 Å². The van der Waals surface area contributed by atoms with Crippen LogP contribution in [0.1, 0.15) is 19.3 Å². The quantitative estimate of drug-likeness (QED) is 0.797. The molecule has 1 saturated heterocycles. The van der Waals surface area contributed by atoms with Crippen LogP contribution in [0.5, 0.6) is 0 Å². The second-order valence-electron chi connectivity index (χ2n) is 6.07. The van der Waals surface area contributed by atoms with Gasteiger partial charge < -0.3 is 10.1 Å². The van der Waals surface area contributed by atoms with Crippen LogP contribution in [-0.4, -0.2) is 38.1 Å². The first-order valence-electron chi connectivity index (χ1n) is 7.59. The summed E-state index contributed by atoms with van der Waals surface area (Å²) < 4.78 is 30.7. The third-order valence-corrected chi connectivity index (χ3v) is 7.35. The molecule has 1 saturated carbocycles. The van der Waals surface area contributed by atoms with Crippen molar-refractivity contribution in [1.82, 2.24) is 10.6 Å². The van der Waals surface area contributed by atoms with E-state index in [0.29, 0.717) is 12.8 Å². The van der Waals surface area contributed by atoms with Gasteiger partial charge in [0.05, 0.1) is 21.4 Å². The molecule has 0 spiro atoms. The average molecular weight is 404 g/mol. The number of amides is 1. The van der Waals surface area contributed by atoms with Crippen molar-refractivity contribution in [2.75, 3.05) is 6.54 Å². The molecule has 134 valence electrons. The number of nitrogens with one attached hydrogen (secondary N) is 2. The molecule has 0 radical (unpaired) electrons. The van der Waals surface area contributed by atoms with E-state index in [4.69, 9.17) is 33.2 Å². The fraction of sp³-hybridized carbons (Fsp3) is 0.467. The first kappa shape index (κ1) is 18.3. The van der Waals surface area contributed by atoms with Gasteiger partial charge >= 0.3 is 6.09 Å². The van der Waals surface area contributed by atoms with Crippen LogP contribution in [0.3, 0.4) is 0 Å². The maximum atomic E-state index is 12.8. The standard InChI is InChI=1S/C15H15Cl2N3O4S/c16-10-2-1-3-11(17)13(10)25(22,23)9-6-12(19-7-9)24-14(21)20-15(8-18)4-5-15/h1-3,9,12,19H,4-7H2,(H,20,21)/t9-,12+/m1/s1. The number of hydrogen-bond donors (Lipinski definition) is 2. The Balaban J connectivity index is 1.66. The van der Waals surface area contributed by atoms with Crippen LogP contribution in [0.25, 0.3) is 0 Å². The third kappa shape index (κ3) is 3.70. The molecule has 10 heteroatoms. The largest absolute Gasteiger partial charge is 0.430 e. The van der Waals surface area contributed by atoms with E-state index < -0.39 is 32.9 Å². The Morgan fingerprint density at radius 3 is 2.56 bits per heavy atom. The molecule has 1 aliphatic heterocycles. The van der Waals surface area contributed by atoms with Gasteiger partial charge in [-0.3, -0.25) is 5.32 Å². The second-order valence-corrected chi connectivity index (χ2v) is 9.05. The molecule has 1 amide bonds. The number of ether oxygens (including phenoxy) is 1. The Hall–Kier alpha value is -1.53. The van der Waals surface area contributed by atoms with Crippen LogP contribution < -0.4 is 10.6 Å². The zero-order valence-corrected chi connectivity index (χ0v) is 15.3. The summed E-state index contributed by atoms with van der Waals surface area (Å²) in [6.07, 6.45) is -0.283. The molecule has 3 rings (SSSR count). The highest BCUT2D eigenvalue weighted by molar-refractivity contribution is 7.92. The van der Waals surface area contributed by atoms with Gasteiger partial charge in [0.25, 0.3) is 0 Å². The third-order valence-electron chi connectivity index (χ3n) is 4.25. The van der Waals surface area contributed by atoms with Crippen molar-refractivity contribution >= 4 is 39.1 Å². The molecule has 2 aliphatic rings. The Morgan fingerprint density at radius 1 is 1.36 bits per heavy atom. The minimum absolute atomic E-state index is 0.0549. The van der Waals surface area contributed by atoms with E-state index in [1.54, 1.807) is 6.07 Å². The highest BCUT2D eigenvalue weighted by Crippen LogP contribution is 2.35. The van der Waals surface area contributed by atoms with Crippen LogP contribution in [0.15, 0.2) is 23.1 Å². The van der Waals surface area contributed by atoms with E-state index in [1.165, 1.54) is 12.1 Å². The molecule has 1 aliphatic carbocycles. The van der Waals surface area contributed by atoms with Gasteiger partial charge in [-0.15, -0.1) is 0 Å². The number of nitriles is 1. The lowest BCUT2D eigenvalue weighted by Crippen LogP contribution is -2.40. The molecule has 0 bridgehead atoms. The molecule has 25 heavy (non-hydrogen) atoms. The van der Waals surface area contributed by atoms with E-state index in [2.05, 4.69) is 10.6 Å². The summed E-state index contributed by atoms with van der Waals surface area (Å²) in [4.78, 5) is 11.7. The first-order chi connectivity index (χ1) is 11.8. The lowest BCUT2D eigenvalue weighted by atomic mass is 10.3. The predicted molar refractivity (Wildman–Crippen MR) is 91.0 cm³/mol. The monoisotopic (exact) mass is 403 g/mol. The van der Waals surface area contributed by atoms with Crippen molar-refractivity contribution in [2.24, 2.45) is 0 Å². The molecule has 1 heterocycles. The van der Waals surface area contributed by atoms with Gasteiger partial charge in [0.2, 0.25) is 0 Å². The summed E-state index contributed by atoms with van der Waals surface area (Å²) in [6.45, 7) is 0.102. The Kier molecular flexibility index (Phi) is 4.86. The van der Waals surface area contributed by atoms with E-state index in [0.717, 1.165) is 0 Å². The van der Waals surface area contributed by atoms with E-state index >= 15 is 0 Å². The molecule has 2 N–H and O–H groups in total. The molecule has 1 aromatic rings. The smallest absolute Gasteiger partial charge is 0.409 e. The number of benzene rings is 1. The number of carbonyl (C=O) groups excluding carboxylic acids is 1. The summed E-state index contributed by atoms with van der Waals surface area (Å²) in [6, 6.07) is 6.50. The first-order valence-corrected chi connectivity index (χ1v) is 9.89. The number of halogens is 2. The van der Waals surface area contributed by atoms with Gasteiger partial charge in [-0.25, -0.2) is 13.2 Å². The van der Waals surface area contributed by atoms with E-state index in [9.17, 15) is 13.2 Å². The van der Waals surface area contributed by atoms with Gasteiger partial charge in [0.15, 0.2) is 16.1 Å². The Morgan fingerprint density at radius 2 is 2.00 bits per heavy atom. The maximum Gasteiger partial charge on any atom is 0.409 e. The topological polar surface area (TPSA) is 108 Å². The molecule has 7 nitrogen and oxygen atoms in total. The number of nitrogens with zero attached hydrogens (tertiary/aromatic N) is 1. The maximum absolute atomic E-state index is 12.8. The van der Waals surface area contributed by atoms with Gasteiger partial charge in [-0.05, 0) is 25.0 Å². The van der Waals surface area contributed by atoms with Crippen molar-refractivity contribution in [3.63, 3.8) is 0 Å². The summed E-state index contributed by atoms with van der Waals surface area (Å²) in [5.41, 5.74) is -0.841. The molecular formula is C15H15Cl2N3O4S. The molecule has 2 fully saturated rings. The zero-order chi connectivity index (χ0) is 18.2. The normalized spacial score (nSPS) is 24.4. The van der Waals surface area contributed by atoms with Crippen molar-refractivity contribution < 1.29 is 17.9 Å². The zero-order valence-electron chi connectivity index (χ0n) is 13.0. The minimum Gasteiger partial charge on any atom is -0.430 e. The van der Waals surface area contributed by atoms with Crippen LogP contribution in [0.2, 0.25) is 10.0 Å². The SMILES string of the molecule is N#CC1(NC(=O)O[C@H]2C[C@@H](S(=O)(=O)c3c(Cl)cccc3Cl)CN2)CC1. The fourth-order valence-corrected chi connectivity index (χ4v) is 5.46. The summed E-state index contributed by atoms with van der Waals surface area (Å²) in [5.74, 6) is 0. The summed E-state index contributed by atoms with van der Waals surface area (Å²) in [7, 11) is -3.79. The number of rotatable bonds is 4. The molecule has 1 aromatic carbocycles. The number of sulfone groups is 1. The highest BCUT2D eigenvalue weighted by atomic mass is 35.5. The summed E-state index contributed by atoms with van der Waals surface area (Å²) >= 11 is 12.0. The van der Waals surface area contributed by atoms with Crippen molar-refractivity contribution in [3.05, 3.63) is 28.2 Å². The van der Waals surface area contributed by atoms with Gasteiger partial charge in [0, 0.05) is 13.0 Å². The van der Waals surface area contributed by atoms with Crippen LogP contribution in [0, 0.1) is 11.3 Å². The van der Waals surface area contributed by atoms with Crippen molar-refractivity contribution in [2.45, 2.75) is 41.2 Å². The molecule has 0 unspecified atom stereocenters. The van der Waals surface area contributed by atoms with Crippen LogP contribution in [0.4, 0.5) is 4.79 Å². The Labute approximate surface area is 155 Å². The summed E-state index contributed by atoms with van der Waals surface area (Å²) in [5, 5.41) is 13.6. The predicted octanol–water partition coefficient (Wildman–Crippen LogP) is 2.24. The second kappa shape index (κ2) is 6.65. The molecular weight excluding hydrogens is 389 g/mol. The van der Waals surface area contributed by atoms with Crippen molar-refractivity contribution in [3.8, 4) is 6.07 Å². The van der Waals surface area contributed by atoms with E-state index in [-0.39, 0.29) is 27.9 Å². The van der Waals surface area contributed by atoms with Crippen LogP contribution >= 0.6 is 23.2 Å². The van der Waals surface area contributed by atoms with Gasteiger partial charge in [0.1, 0.15) is 10.4 Å². The van der Waals surface area contributed by atoms with Crippen molar-refractivity contribution in [1.29, 1.82) is 5.26 Å².